The SMILES string of the molecule is C=C(N)c1cn(C2(C)OC(CCC(=C)C(N)CC)CC2C)c2nc(C)nc(N)c12. The summed E-state index contributed by atoms with van der Waals surface area (Å²) in [5.74, 6) is 1.29. The molecule has 7 heteroatoms. The van der Waals surface area contributed by atoms with E-state index in [0.29, 0.717) is 17.3 Å². The highest BCUT2D eigenvalue weighted by Crippen LogP contribution is 2.44. The van der Waals surface area contributed by atoms with E-state index in [1.54, 1.807) is 0 Å². The highest BCUT2D eigenvalue weighted by Gasteiger charge is 2.45. The monoisotopic (exact) mass is 398 g/mol. The third-order valence-corrected chi connectivity index (χ3v) is 6.30. The minimum Gasteiger partial charge on any atom is -0.399 e. The van der Waals surface area contributed by atoms with Crippen LogP contribution in [0.5, 0.6) is 0 Å². The van der Waals surface area contributed by atoms with Crippen LogP contribution in [0.2, 0.25) is 0 Å². The van der Waals surface area contributed by atoms with Gasteiger partial charge in [-0.25, -0.2) is 9.97 Å². The molecule has 0 spiro atoms. The van der Waals surface area contributed by atoms with E-state index in [2.05, 4.69) is 48.5 Å². The zero-order valence-electron chi connectivity index (χ0n) is 18.0. The standard InChI is InChI=1S/C22H34N6O/c1-7-18(24)12(2)8-9-16-10-13(3)22(6,29-16)28-11-17(14(4)23)19-20(25)26-15(5)27-21(19)28/h11,13,16,18H,2,4,7-10,23-24H2,1,3,5-6H3,(H2,25,26,27). The second kappa shape index (κ2) is 7.80. The maximum Gasteiger partial charge on any atom is 0.148 e. The number of ether oxygens (including phenoxy) is 1. The van der Waals surface area contributed by atoms with E-state index in [9.17, 15) is 0 Å². The van der Waals surface area contributed by atoms with Gasteiger partial charge in [0.1, 0.15) is 23.0 Å². The lowest BCUT2D eigenvalue weighted by atomic mass is 9.94. The summed E-state index contributed by atoms with van der Waals surface area (Å²) >= 11 is 0. The van der Waals surface area contributed by atoms with Gasteiger partial charge in [0.25, 0.3) is 0 Å². The Kier molecular flexibility index (Phi) is 5.74. The first-order chi connectivity index (χ1) is 13.6. The maximum absolute atomic E-state index is 6.60. The molecular formula is C22H34N6O. The molecule has 4 unspecified atom stereocenters. The molecule has 2 aromatic rings. The fourth-order valence-corrected chi connectivity index (χ4v) is 4.25. The summed E-state index contributed by atoms with van der Waals surface area (Å²) in [6.45, 7) is 16.3. The van der Waals surface area contributed by atoms with Crippen LogP contribution in [0.25, 0.3) is 16.7 Å². The molecule has 158 valence electrons. The lowest BCUT2D eigenvalue weighted by Gasteiger charge is -2.31. The van der Waals surface area contributed by atoms with Crippen LogP contribution < -0.4 is 17.2 Å². The molecule has 1 fully saturated rings. The Morgan fingerprint density at radius 2 is 2.10 bits per heavy atom. The van der Waals surface area contributed by atoms with E-state index in [0.717, 1.165) is 47.9 Å². The summed E-state index contributed by atoms with van der Waals surface area (Å²) in [4.78, 5) is 8.97. The summed E-state index contributed by atoms with van der Waals surface area (Å²) in [7, 11) is 0. The summed E-state index contributed by atoms with van der Waals surface area (Å²) in [5, 5.41) is 0.728. The van der Waals surface area contributed by atoms with E-state index < -0.39 is 5.72 Å². The van der Waals surface area contributed by atoms with Gasteiger partial charge in [-0.2, -0.15) is 0 Å². The minimum absolute atomic E-state index is 0.0503. The average Bonchev–Trinajstić information content (AvgIpc) is 3.18. The van der Waals surface area contributed by atoms with E-state index in [4.69, 9.17) is 21.9 Å². The minimum atomic E-state index is -0.571. The van der Waals surface area contributed by atoms with Crippen LogP contribution in [0.4, 0.5) is 5.82 Å². The zero-order chi connectivity index (χ0) is 21.5. The second-order valence-electron chi connectivity index (χ2n) is 8.44. The Morgan fingerprint density at radius 3 is 2.72 bits per heavy atom. The number of nitrogen functional groups attached to an aromatic ring is 1. The molecule has 0 amide bonds. The van der Waals surface area contributed by atoms with Crippen molar-refractivity contribution in [2.24, 2.45) is 17.4 Å². The van der Waals surface area contributed by atoms with Crippen molar-refractivity contribution in [3.05, 3.63) is 36.3 Å². The number of hydrogen-bond donors (Lipinski definition) is 3. The van der Waals surface area contributed by atoms with Gasteiger partial charge < -0.3 is 26.5 Å². The smallest absolute Gasteiger partial charge is 0.148 e. The first-order valence-electron chi connectivity index (χ1n) is 10.3. The van der Waals surface area contributed by atoms with E-state index >= 15 is 0 Å². The number of anilines is 1. The van der Waals surface area contributed by atoms with Crippen LogP contribution >= 0.6 is 0 Å². The van der Waals surface area contributed by atoms with Crippen molar-refractivity contribution in [2.45, 2.75) is 71.2 Å². The van der Waals surface area contributed by atoms with Gasteiger partial charge in [0.2, 0.25) is 0 Å². The molecule has 2 aromatic heterocycles. The van der Waals surface area contributed by atoms with Gasteiger partial charge >= 0.3 is 0 Å². The molecule has 4 atom stereocenters. The van der Waals surface area contributed by atoms with E-state index in [1.165, 1.54) is 0 Å². The van der Waals surface area contributed by atoms with Crippen LogP contribution in [0.1, 0.15) is 57.8 Å². The number of hydrogen-bond acceptors (Lipinski definition) is 6. The van der Waals surface area contributed by atoms with Crippen LogP contribution in [0, 0.1) is 12.8 Å². The van der Waals surface area contributed by atoms with Gasteiger partial charge in [0, 0.05) is 29.4 Å². The quantitative estimate of drug-likeness (QED) is 0.615. The van der Waals surface area contributed by atoms with Crippen LogP contribution in [-0.4, -0.2) is 26.7 Å². The van der Waals surface area contributed by atoms with Crippen molar-refractivity contribution >= 4 is 22.5 Å². The topological polar surface area (TPSA) is 118 Å². The number of nitrogens with zero attached hydrogens (tertiary/aromatic N) is 3. The predicted molar refractivity (Wildman–Crippen MR) is 119 cm³/mol. The number of aryl methyl sites for hydroxylation is 1. The fourth-order valence-electron chi connectivity index (χ4n) is 4.25. The van der Waals surface area contributed by atoms with Crippen LogP contribution in [-0.2, 0) is 10.5 Å². The number of nitrogens with two attached hydrogens (primary N) is 3. The van der Waals surface area contributed by atoms with Crippen molar-refractivity contribution in [3.63, 3.8) is 0 Å². The highest BCUT2D eigenvalue weighted by molar-refractivity contribution is 5.97. The van der Waals surface area contributed by atoms with Gasteiger partial charge in [-0.1, -0.05) is 32.6 Å². The highest BCUT2D eigenvalue weighted by atomic mass is 16.5. The van der Waals surface area contributed by atoms with Crippen LogP contribution in [0.15, 0.2) is 24.9 Å². The summed E-state index contributed by atoms with van der Waals surface area (Å²) in [6, 6.07) is 0.0503. The number of aromatic nitrogens is 3. The Bertz CT molecular complexity index is 948. The normalized spacial score (nSPS) is 25.4. The molecule has 1 saturated heterocycles. The fraction of sp³-hybridized carbons (Fsp3) is 0.545. The average molecular weight is 399 g/mol. The molecule has 1 aliphatic rings. The van der Waals surface area contributed by atoms with Crippen molar-refractivity contribution in [3.8, 4) is 0 Å². The third-order valence-electron chi connectivity index (χ3n) is 6.30. The molecular weight excluding hydrogens is 364 g/mol. The Labute approximate surface area is 173 Å². The lowest BCUT2D eigenvalue weighted by molar-refractivity contribution is -0.101. The summed E-state index contributed by atoms with van der Waals surface area (Å²) in [6.07, 6.45) is 5.69. The molecule has 0 radical (unpaired) electrons. The zero-order valence-corrected chi connectivity index (χ0v) is 18.0. The van der Waals surface area contributed by atoms with Crippen molar-refractivity contribution in [2.75, 3.05) is 5.73 Å². The van der Waals surface area contributed by atoms with E-state index in [-0.39, 0.29) is 18.1 Å². The Balaban J connectivity index is 1.94. The molecule has 0 bridgehead atoms. The molecule has 0 aromatic carbocycles. The first-order valence-corrected chi connectivity index (χ1v) is 10.3. The van der Waals surface area contributed by atoms with Crippen LogP contribution in [0.3, 0.4) is 0 Å². The molecule has 7 nitrogen and oxygen atoms in total. The van der Waals surface area contributed by atoms with Gasteiger partial charge in [-0.15, -0.1) is 0 Å². The molecule has 0 aliphatic carbocycles. The molecule has 3 heterocycles. The maximum atomic E-state index is 6.60. The Morgan fingerprint density at radius 1 is 1.41 bits per heavy atom. The van der Waals surface area contributed by atoms with Gasteiger partial charge in [0.05, 0.1) is 11.5 Å². The lowest BCUT2D eigenvalue weighted by Crippen LogP contribution is -2.35. The third kappa shape index (κ3) is 3.76. The van der Waals surface area contributed by atoms with Crippen molar-refractivity contribution in [1.82, 2.24) is 14.5 Å². The molecule has 3 rings (SSSR count). The molecule has 29 heavy (non-hydrogen) atoms. The van der Waals surface area contributed by atoms with Gasteiger partial charge in [0.15, 0.2) is 0 Å². The molecule has 0 saturated carbocycles. The number of rotatable bonds is 7. The molecule has 6 N–H and O–H groups in total. The first kappa shape index (κ1) is 21.3. The van der Waals surface area contributed by atoms with Gasteiger partial charge in [-0.3, -0.25) is 0 Å². The van der Waals surface area contributed by atoms with E-state index in [1.807, 2.05) is 13.1 Å². The summed E-state index contributed by atoms with van der Waals surface area (Å²) in [5.41, 5.74) is 20.8. The second-order valence-corrected chi connectivity index (χ2v) is 8.44. The van der Waals surface area contributed by atoms with Crippen molar-refractivity contribution in [1.29, 1.82) is 0 Å². The largest absolute Gasteiger partial charge is 0.399 e. The van der Waals surface area contributed by atoms with Crippen molar-refractivity contribution < 1.29 is 4.74 Å². The number of fused-ring (bicyclic) bond motifs is 1. The molecule has 1 aliphatic heterocycles. The Hall–Kier alpha value is -2.38. The van der Waals surface area contributed by atoms with Gasteiger partial charge in [-0.05, 0) is 39.5 Å². The predicted octanol–water partition coefficient (Wildman–Crippen LogP) is 3.42. The summed E-state index contributed by atoms with van der Waals surface area (Å²) < 4.78 is 8.65.